The average molecular weight is 261 g/mol. The number of benzene rings is 1. The number of hydrogen-bond acceptors (Lipinski definition) is 3. The first kappa shape index (κ1) is 12.6. The van der Waals surface area contributed by atoms with E-state index in [-0.39, 0.29) is 18.6 Å². The smallest absolute Gasteiger partial charge is 0.129 e. The Bertz CT molecular complexity index is 525. The van der Waals surface area contributed by atoms with E-state index in [0.717, 1.165) is 12.8 Å². The van der Waals surface area contributed by atoms with Gasteiger partial charge in [0, 0.05) is 18.4 Å². The van der Waals surface area contributed by atoms with Crippen LogP contribution < -0.4 is 0 Å². The fraction of sp³-hybridized carbons (Fsp3) is 0.533. The van der Waals surface area contributed by atoms with Gasteiger partial charge in [-0.05, 0) is 24.5 Å². The maximum atomic E-state index is 14.2. The van der Waals surface area contributed by atoms with E-state index in [4.69, 9.17) is 10.00 Å². The van der Waals surface area contributed by atoms with Crippen LogP contribution in [-0.4, -0.2) is 17.3 Å². The lowest BCUT2D eigenvalue weighted by molar-refractivity contribution is -0.116. The van der Waals surface area contributed by atoms with Gasteiger partial charge in [0.1, 0.15) is 5.82 Å². The third kappa shape index (κ3) is 2.24. The second-order valence-electron chi connectivity index (χ2n) is 5.55. The largest absolute Gasteiger partial charge is 0.385 e. The highest BCUT2D eigenvalue weighted by atomic mass is 19.1. The van der Waals surface area contributed by atoms with Crippen molar-refractivity contribution in [1.29, 1.82) is 5.26 Å². The summed E-state index contributed by atoms with van der Waals surface area (Å²) in [5.41, 5.74) is -0.143. The van der Waals surface area contributed by atoms with Crippen LogP contribution >= 0.6 is 0 Å². The predicted octanol–water partition coefficient (Wildman–Crippen LogP) is 2.42. The van der Waals surface area contributed by atoms with Gasteiger partial charge in [-0.3, -0.25) is 0 Å². The summed E-state index contributed by atoms with van der Waals surface area (Å²) < 4.78 is 19.9. The van der Waals surface area contributed by atoms with Crippen molar-refractivity contribution in [3.8, 4) is 6.07 Å². The zero-order valence-electron chi connectivity index (χ0n) is 10.6. The van der Waals surface area contributed by atoms with Crippen molar-refractivity contribution in [2.24, 2.45) is 0 Å². The van der Waals surface area contributed by atoms with Crippen molar-refractivity contribution >= 4 is 0 Å². The molecule has 1 aromatic rings. The fourth-order valence-corrected chi connectivity index (χ4v) is 3.27. The number of nitriles is 1. The maximum absolute atomic E-state index is 14.2. The Morgan fingerprint density at radius 3 is 2.63 bits per heavy atom. The number of halogens is 1. The van der Waals surface area contributed by atoms with E-state index < -0.39 is 11.4 Å². The minimum atomic E-state index is -1.13. The molecule has 2 atom stereocenters. The molecule has 2 saturated heterocycles. The standard InChI is InChI=1S/C15H16FNO2/c16-14-7-10(5-6-17)1-4-13(14)15(18)8-11-2-3-12(9-15)19-11/h1,4,7,11-12,18H,2-3,5,8-9H2. The van der Waals surface area contributed by atoms with E-state index in [0.29, 0.717) is 24.0 Å². The molecule has 100 valence electrons. The van der Waals surface area contributed by atoms with E-state index in [1.165, 1.54) is 6.07 Å². The van der Waals surface area contributed by atoms with Gasteiger partial charge in [-0.1, -0.05) is 12.1 Å². The van der Waals surface area contributed by atoms with E-state index in [1.54, 1.807) is 12.1 Å². The van der Waals surface area contributed by atoms with Crippen molar-refractivity contribution in [2.75, 3.05) is 0 Å². The van der Waals surface area contributed by atoms with Crippen molar-refractivity contribution in [3.05, 3.63) is 35.1 Å². The SMILES string of the molecule is N#CCc1ccc(C2(O)CC3CCC(C2)O3)c(F)c1. The summed E-state index contributed by atoms with van der Waals surface area (Å²) in [4.78, 5) is 0. The molecule has 1 N–H and O–H groups in total. The Labute approximate surface area is 111 Å². The molecular formula is C15H16FNO2. The van der Waals surface area contributed by atoms with Gasteiger partial charge < -0.3 is 9.84 Å². The van der Waals surface area contributed by atoms with Crippen LogP contribution in [-0.2, 0) is 16.8 Å². The third-order valence-electron chi connectivity index (χ3n) is 4.14. The molecule has 0 aromatic heterocycles. The van der Waals surface area contributed by atoms with E-state index in [9.17, 15) is 9.50 Å². The lowest BCUT2D eigenvalue weighted by atomic mass is 9.83. The van der Waals surface area contributed by atoms with Gasteiger partial charge in [-0.25, -0.2) is 4.39 Å². The summed E-state index contributed by atoms with van der Waals surface area (Å²) in [6, 6.07) is 6.69. The van der Waals surface area contributed by atoms with Gasteiger partial charge in [0.2, 0.25) is 0 Å². The molecule has 0 radical (unpaired) electrons. The number of aliphatic hydroxyl groups is 1. The summed E-state index contributed by atoms with van der Waals surface area (Å²) in [6.07, 6.45) is 3.08. The Hall–Kier alpha value is -1.44. The molecule has 3 rings (SSSR count). The number of hydrogen-bond donors (Lipinski definition) is 1. The molecule has 2 unspecified atom stereocenters. The Balaban J connectivity index is 1.91. The molecule has 0 spiro atoms. The zero-order chi connectivity index (χ0) is 13.5. The third-order valence-corrected chi connectivity index (χ3v) is 4.14. The molecule has 2 bridgehead atoms. The van der Waals surface area contributed by atoms with Crippen LogP contribution in [0.1, 0.15) is 36.8 Å². The molecule has 2 fully saturated rings. The summed E-state index contributed by atoms with van der Waals surface area (Å²) in [7, 11) is 0. The van der Waals surface area contributed by atoms with Crippen LogP contribution in [0.15, 0.2) is 18.2 Å². The highest BCUT2D eigenvalue weighted by molar-refractivity contribution is 5.31. The molecule has 2 heterocycles. The monoisotopic (exact) mass is 261 g/mol. The number of rotatable bonds is 2. The molecule has 1 aromatic carbocycles. The minimum Gasteiger partial charge on any atom is -0.385 e. The van der Waals surface area contributed by atoms with E-state index in [2.05, 4.69) is 0 Å². The Kier molecular flexibility index (Phi) is 3.04. The van der Waals surface area contributed by atoms with Crippen LogP contribution in [0.25, 0.3) is 0 Å². The van der Waals surface area contributed by atoms with Crippen LogP contribution in [0.3, 0.4) is 0 Å². The second kappa shape index (κ2) is 4.59. The van der Waals surface area contributed by atoms with Crippen LogP contribution in [0, 0.1) is 17.1 Å². The van der Waals surface area contributed by atoms with Gasteiger partial charge in [-0.15, -0.1) is 0 Å². The highest BCUT2D eigenvalue weighted by Crippen LogP contribution is 2.44. The highest BCUT2D eigenvalue weighted by Gasteiger charge is 2.45. The molecule has 0 aliphatic carbocycles. The summed E-state index contributed by atoms with van der Waals surface area (Å²) >= 11 is 0. The molecule has 0 saturated carbocycles. The van der Waals surface area contributed by atoms with Gasteiger partial charge in [0.15, 0.2) is 0 Å². The first-order valence-corrected chi connectivity index (χ1v) is 6.64. The molecule has 2 aliphatic heterocycles. The molecule has 3 nitrogen and oxygen atoms in total. The maximum Gasteiger partial charge on any atom is 0.129 e. The molecular weight excluding hydrogens is 245 g/mol. The van der Waals surface area contributed by atoms with Crippen molar-refractivity contribution < 1.29 is 14.2 Å². The number of ether oxygens (including phenoxy) is 1. The molecule has 4 heteroatoms. The lowest BCUT2D eigenvalue weighted by Gasteiger charge is -2.37. The fourth-order valence-electron chi connectivity index (χ4n) is 3.27. The average Bonchev–Trinajstić information content (AvgIpc) is 2.69. The van der Waals surface area contributed by atoms with Crippen molar-refractivity contribution in [2.45, 2.75) is 49.9 Å². The number of nitrogens with zero attached hydrogens (tertiary/aromatic N) is 1. The summed E-state index contributed by atoms with van der Waals surface area (Å²) in [5, 5.41) is 19.4. The first-order valence-electron chi connectivity index (χ1n) is 6.64. The molecule has 19 heavy (non-hydrogen) atoms. The lowest BCUT2D eigenvalue weighted by Crippen LogP contribution is -2.39. The van der Waals surface area contributed by atoms with Crippen LogP contribution in [0.5, 0.6) is 0 Å². The topological polar surface area (TPSA) is 53.2 Å². The summed E-state index contributed by atoms with van der Waals surface area (Å²) in [5.74, 6) is -0.420. The minimum absolute atomic E-state index is 0.0435. The quantitative estimate of drug-likeness (QED) is 0.889. The first-order chi connectivity index (χ1) is 9.10. The predicted molar refractivity (Wildman–Crippen MR) is 66.7 cm³/mol. The van der Waals surface area contributed by atoms with Crippen molar-refractivity contribution in [3.63, 3.8) is 0 Å². The summed E-state index contributed by atoms with van der Waals surface area (Å²) in [6.45, 7) is 0. The van der Waals surface area contributed by atoms with Gasteiger partial charge in [0.05, 0.1) is 30.3 Å². The Morgan fingerprint density at radius 1 is 1.37 bits per heavy atom. The van der Waals surface area contributed by atoms with Gasteiger partial charge >= 0.3 is 0 Å². The van der Waals surface area contributed by atoms with Crippen LogP contribution in [0.2, 0.25) is 0 Å². The molecule has 0 amide bonds. The number of fused-ring (bicyclic) bond motifs is 2. The van der Waals surface area contributed by atoms with E-state index >= 15 is 0 Å². The normalized spacial score (nSPS) is 33.1. The van der Waals surface area contributed by atoms with Gasteiger partial charge in [-0.2, -0.15) is 5.26 Å². The second-order valence-corrected chi connectivity index (χ2v) is 5.55. The Morgan fingerprint density at radius 2 is 2.05 bits per heavy atom. The van der Waals surface area contributed by atoms with Crippen LogP contribution in [0.4, 0.5) is 4.39 Å². The van der Waals surface area contributed by atoms with Gasteiger partial charge in [0.25, 0.3) is 0 Å². The zero-order valence-corrected chi connectivity index (χ0v) is 10.6. The van der Waals surface area contributed by atoms with Crippen molar-refractivity contribution in [1.82, 2.24) is 0 Å². The van der Waals surface area contributed by atoms with E-state index in [1.807, 2.05) is 6.07 Å². The molecule has 2 aliphatic rings.